The van der Waals surface area contributed by atoms with Gasteiger partial charge in [-0.1, -0.05) is 36.4 Å². The Kier molecular flexibility index (Phi) is 7.79. The number of nitrogens with one attached hydrogen (secondary N) is 1. The van der Waals surface area contributed by atoms with Crippen LogP contribution in [0.2, 0.25) is 0 Å². The van der Waals surface area contributed by atoms with Gasteiger partial charge >= 0.3 is 0 Å². The lowest BCUT2D eigenvalue weighted by atomic mass is 10.1. The van der Waals surface area contributed by atoms with Crippen LogP contribution in [0.25, 0.3) is 0 Å². The number of amides is 2. The highest BCUT2D eigenvalue weighted by atomic mass is 32.2. The number of carbonyl (C=O) groups is 2. The number of rotatable bonds is 9. The molecule has 0 saturated carbocycles. The van der Waals surface area contributed by atoms with E-state index in [2.05, 4.69) is 11.9 Å². The molecule has 0 saturated heterocycles. The molecule has 0 spiro atoms. The molecule has 0 unspecified atom stereocenters. The van der Waals surface area contributed by atoms with Gasteiger partial charge in [0.25, 0.3) is 0 Å². The molecule has 0 aliphatic carbocycles. The van der Waals surface area contributed by atoms with Gasteiger partial charge in [0, 0.05) is 20.1 Å². The largest absolute Gasteiger partial charge is 0.351 e. The Morgan fingerprint density at radius 2 is 1.88 bits per heavy atom. The van der Waals surface area contributed by atoms with Gasteiger partial charge in [0.1, 0.15) is 6.04 Å². The Morgan fingerprint density at radius 3 is 2.40 bits per heavy atom. The van der Waals surface area contributed by atoms with Crippen molar-refractivity contribution in [3.8, 4) is 0 Å². The molecule has 0 aliphatic heterocycles. The third-order valence-electron chi connectivity index (χ3n) is 3.71. The Hall–Kier alpha value is -2.19. The normalized spacial score (nSPS) is 12.5. The maximum Gasteiger partial charge on any atom is 0.242 e. The molecular weight excluding hydrogens is 342 g/mol. The van der Waals surface area contributed by atoms with Crippen LogP contribution in [0.15, 0.2) is 43.0 Å². The summed E-state index contributed by atoms with van der Waals surface area (Å²) in [6.45, 7) is 5.32. The molecule has 1 N–H and O–H groups in total. The SMILES string of the molecule is C=CCNC(=O)[C@@H](C)N(Cc1ccccc1)C(=O)CN(C)S(C)(=O)=O. The van der Waals surface area contributed by atoms with Crippen LogP contribution >= 0.6 is 0 Å². The molecular formula is C17H25N3O4S. The van der Waals surface area contributed by atoms with Crippen molar-refractivity contribution in [3.63, 3.8) is 0 Å². The molecule has 138 valence electrons. The van der Waals surface area contributed by atoms with E-state index in [9.17, 15) is 18.0 Å². The van der Waals surface area contributed by atoms with Crippen LogP contribution in [0.4, 0.5) is 0 Å². The Balaban J connectivity index is 2.99. The van der Waals surface area contributed by atoms with Crippen molar-refractivity contribution in [2.24, 2.45) is 0 Å². The number of benzene rings is 1. The number of sulfonamides is 1. The van der Waals surface area contributed by atoms with Crippen molar-refractivity contribution in [2.45, 2.75) is 19.5 Å². The smallest absolute Gasteiger partial charge is 0.242 e. The lowest BCUT2D eigenvalue weighted by Gasteiger charge is -2.30. The number of hydrogen-bond donors (Lipinski definition) is 1. The van der Waals surface area contributed by atoms with Crippen LogP contribution in [0, 0.1) is 0 Å². The summed E-state index contributed by atoms with van der Waals surface area (Å²) in [5, 5.41) is 2.65. The van der Waals surface area contributed by atoms with E-state index in [0.717, 1.165) is 16.1 Å². The van der Waals surface area contributed by atoms with Crippen LogP contribution in [0.3, 0.4) is 0 Å². The molecule has 0 radical (unpaired) electrons. The average Bonchev–Trinajstić information content (AvgIpc) is 2.56. The first-order valence-electron chi connectivity index (χ1n) is 7.80. The fraction of sp³-hybridized carbons (Fsp3) is 0.412. The molecule has 0 bridgehead atoms. The fourth-order valence-corrected chi connectivity index (χ4v) is 2.43. The van der Waals surface area contributed by atoms with E-state index < -0.39 is 22.0 Å². The van der Waals surface area contributed by atoms with Crippen LogP contribution < -0.4 is 5.32 Å². The van der Waals surface area contributed by atoms with Gasteiger partial charge in [-0.2, -0.15) is 4.31 Å². The highest BCUT2D eigenvalue weighted by Gasteiger charge is 2.28. The molecule has 1 aromatic carbocycles. The number of carbonyl (C=O) groups excluding carboxylic acids is 2. The first kappa shape index (κ1) is 20.9. The Labute approximate surface area is 149 Å². The molecule has 1 rings (SSSR count). The molecule has 0 aliphatic rings. The molecule has 7 nitrogen and oxygen atoms in total. The molecule has 0 fully saturated rings. The highest BCUT2D eigenvalue weighted by Crippen LogP contribution is 2.10. The molecule has 0 aromatic heterocycles. The van der Waals surface area contributed by atoms with E-state index in [-0.39, 0.29) is 19.0 Å². The molecule has 8 heteroatoms. The summed E-state index contributed by atoms with van der Waals surface area (Å²) in [6, 6.07) is 8.46. The average molecular weight is 367 g/mol. The summed E-state index contributed by atoms with van der Waals surface area (Å²) in [6.07, 6.45) is 2.58. The third kappa shape index (κ3) is 6.67. The van der Waals surface area contributed by atoms with Crippen LogP contribution in [-0.4, -0.2) is 61.9 Å². The second kappa shape index (κ2) is 9.33. The maximum atomic E-state index is 12.6. The van der Waals surface area contributed by atoms with Crippen molar-refractivity contribution >= 4 is 21.8 Å². The summed E-state index contributed by atoms with van der Waals surface area (Å²) >= 11 is 0. The summed E-state index contributed by atoms with van der Waals surface area (Å²) in [7, 11) is -2.16. The van der Waals surface area contributed by atoms with Crippen molar-refractivity contribution in [1.82, 2.24) is 14.5 Å². The Bertz CT molecular complexity index is 704. The standard InChI is InChI=1S/C17H25N3O4S/c1-5-11-18-17(22)14(2)20(12-15-9-7-6-8-10-15)16(21)13-19(3)25(4,23)24/h5-10,14H,1,11-13H2,2-4H3,(H,18,22)/t14-/m1/s1. The molecule has 0 heterocycles. The van der Waals surface area contributed by atoms with Gasteiger partial charge in [0.2, 0.25) is 21.8 Å². The zero-order chi connectivity index (χ0) is 19.0. The lowest BCUT2D eigenvalue weighted by Crippen LogP contribution is -2.50. The predicted octanol–water partition coefficient (Wildman–Crippen LogP) is 0.597. The molecule has 25 heavy (non-hydrogen) atoms. The van der Waals surface area contributed by atoms with Crippen molar-refractivity contribution in [3.05, 3.63) is 48.6 Å². The van der Waals surface area contributed by atoms with E-state index >= 15 is 0 Å². The summed E-state index contributed by atoms with van der Waals surface area (Å²) < 4.78 is 24.1. The van der Waals surface area contributed by atoms with E-state index in [1.807, 2.05) is 30.3 Å². The highest BCUT2D eigenvalue weighted by molar-refractivity contribution is 7.88. The van der Waals surface area contributed by atoms with E-state index in [4.69, 9.17) is 0 Å². The van der Waals surface area contributed by atoms with Gasteiger partial charge in [-0.15, -0.1) is 6.58 Å². The summed E-state index contributed by atoms with van der Waals surface area (Å²) in [4.78, 5) is 26.3. The van der Waals surface area contributed by atoms with Gasteiger partial charge in [-0.3, -0.25) is 9.59 Å². The fourth-order valence-electron chi connectivity index (χ4n) is 2.08. The first-order valence-corrected chi connectivity index (χ1v) is 9.65. The van der Waals surface area contributed by atoms with Gasteiger partial charge in [0.05, 0.1) is 12.8 Å². The van der Waals surface area contributed by atoms with Gasteiger partial charge in [-0.05, 0) is 12.5 Å². The molecule has 1 aromatic rings. The van der Waals surface area contributed by atoms with E-state index in [0.29, 0.717) is 6.54 Å². The van der Waals surface area contributed by atoms with Crippen LogP contribution in [0.1, 0.15) is 12.5 Å². The maximum absolute atomic E-state index is 12.6. The third-order valence-corrected chi connectivity index (χ3v) is 4.97. The van der Waals surface area contributed by atoms with Gasteiger partial charge in [0.15, 0.2) is 0 Å². The van der Waals surface area contributed by atoms with Crippen LogP contribution in [-0.2, 0) is 26.2 Å². The van der Waals surface area contributed by atoms with Crippen molar-refractivity contribution in [2.75, 3.05) is 26.4 Å². The van der Waals surface area contributed by atoms with Gasteiger partial charge in [-0.25, -0.2) is 8.42 Å². The zero-order valence-electron chi connectivity index (χ0n) is 14.8. The minimum absolute atomic E-state index is 0.208. The lowest BCUT2D eigenvalue weighted by molar-refractivity contribution is -0.140. The second-order valence-electron chi connectivity index (χ2n) is 5.74. The monoisotopic (exact) mass is 367 g/mol. The van der Waals surface area contributed by atoms with Crippen molar-refractivity contribution in [1.29, 1.82) is 0 Å². The van der Waals surface area contributed by atoms with Gasteiger partial charge < -0.3 is 10.2 Å². The minimum Gasteiger partial charge on any atom is -0.351 e. The number of likely N-dealkylation sites (N-methyl/N-ethyl adjacent to an activating group) is 1. The number of nitrogens with zero attached hydrogens (tertiary/aromatic N) is 2. The van der Waals surface area contributed by atoms with Crippen molar-refractivity contribution < 1.29 is 18.0 Å². The second-order valence-corrected chi connectivity index (χ2v) is 7.83. The quantitative estimate of drug-likeness (QED) is 0.648. The summed E-state index contributed by atoms with van der Waals surface area (Å²) in [5.74, 6) is -0.774. The topological polar surface area (TPSA) is 86.8 Å². The van der Waals surface area contributed by atoms with E-state index in [1.165, 1.54) is 11.9 Å². The van der Waals surface area contributed by atoms with Crippen LogP contribution in [0.5, 0.6) is 0 Å². The van der Waals surface area contributed by atoms with E-state index in [1.54, 1.807) is 13.0 Å². The molecule has 1 atom stereocenters. The first-order chi connectivity index (χ1) is 11.7. The number of hydrogen-bond acceptors (Lipinski definition) is 4. The zero-order valence-corrected chi connectivity index (χ0v) is 15.6. The molecule has 2 amide bonds. The minimum atomic E-state index is -3.49. The Morgan fingerprint density at radius 1 is 1.28 bits per heavy atom. The predicted molar refractivity (Wildman–Crippen MR) is 97.1 cm³/mol. The summed E-state index contributed by atoms with van der Waals surface area (Å²) in [5.41, 5.74) is 0.848.